The highest BCUT2D eigenvalue weighted by molar-refractivity contribution is 5.92. The van der Waals surface area contributed by atoms with E-state index in [9.17, 15) is 9.90 Å². The van der Waals surface area contributed by atoms with Crippen LogP contribution in [0.4, 0.5) is 5.82 Å². The lowest BCUT2D eigenvalue weighted by Gasteiger charge is -2.18. The Bertz CT molecular complexity index is 806. The molecule has 5 nitrogen and oxygen atoms in total. The van der Waals surface area contributed by atoms with Crippen LogP contribution in [0.2, 0.25) is 0 Å². The predicted molar refractivity (Wildman–Crippen MR) is 115 cm³/mol. The molecule has 0 saturated carbocycles. The van der Waals surface area contributed by atoms with E-state index in [2.05, 4.69) is 33.0 Å². The van der Waals surface area contributed by atoms with Crippen molar-refractivity contribution < 1.29 is 9.90 Å². The lowest BCUT2D eigenvalue weighted by molar-refractivity contribution is -0.117. The number of aromatic nitrogens is 2. The van der Waals surface area contributed by atoms with Crippen LogP contribution in [0, 0.1) is 5.41 Å². The Labute approximate surface area is 169 Å². The van der Waals surface area contributed by atoms with Crippen molar-refractivity contribution in [2.24, 2.45) is 12.5 Å². The summed E-state index contributed by atoms with van der Waals surface area (Å²) in [6.07, 6.45) is 3.42. The third-order valence-electron chi connectivity index (χ3n) is 4.74. The van der Waals surface area contributed by atoms with E-state index in [0.717, 1.165) is 47.5 Å². The molecule has 0 spiro atoms. The summed E-state index contributed by atoms with van der Waals surface area (Å²) in [7, 11) is 1.87. The maximum Gasteiger partial charge on any atom is 0.226 e. The van der Waals surface area contributed by atoms with Gasteiger partial charge in [0.25, 0.3) is 0 Å². The van der Waals surface area contributed by atoms with Crippen LogP contribution < -0.4 is 5.32 Å². The zero-order valence-corrected chi connectivity index (χ0v) is 18.4. The molecule has 0 unspecified atom stereocenters. The average molecular weight is 386 g/mol. The second kappa shape index (κ2) is 8.48. The van der Waals surface area contributed by atoms with E-state index in [1.165, 1.54) is 0 Å². The lowest BCUT2D eigenvalue weighted by Crippen LogP contribution is -2.21. The molecule has 0 saturated heterocycles. The fraction of sp³-hybridized carbons (Fsp3) is 0.565. The standard InChI is InChI=1S/C23H35N3O2/c1-8-9-10-18-20(16-11-13-17(14-12-16)23(5,6)28)25-26(7)21(18)24-19(27)15-22(2,3)4/h11-14,28H,8-10,15H2,1-7H3,(H,24,27). The summed E-state index contributed by atoms with van der Waals surface area (Å²) in [5.74, 6) is 0.793. The molecule has 0 aliphatic heterocycles. The third kappa shape index (κ3) is 5.68. The smallest absolute Gasteiger partial charge is 0.226 e. The minimum absolute atomic E-state index is 0.0113. The lowest BCUT2D eigenvalue weighted by atomic mass is 9.92. The van der Waals surface area contributed by atoms with Gasteiger partial charge in [-0.05, 0) is 37.7 Å². The van der Waals surface area contributed by atoms with Gasteiger partial charge in [0.05, 0.1) is 11.3 Å². The van der Waals surface area contributed by atoms with Crippen molar-refractivity contribution in [2.45, 2.75) is 72.8 Å². The molecule has 1 aromatic heterocycles. The van der Waals surface area contributed by atoms with Crippen LogP contribution in [0.25, 0.3) is 11.3 Å². The summed E-state index contributed by atoms with van der Waals surface area (Å²) in [5.41, 5.74) is 2.88. The monoisotopic (exact) mass is 385 g/mol. The highest BCUT2D eigenvalue weighted by atomic mass is 16.3. The molecule has 5 heteroatoms. The molecule has 1 heterocycles. The quantitative estimate of drug-likeness (QED) is 0.702. The van der Waals surface area contributed by atoms with E-state index in [1.54, 1.807) is 18.5 Å². The van der Waals surface area contributed by atoms with Gasteiger partial charge in [-0.15, -0.1) is 0 Å². The first-order valence-electron chi connectivity index (χ1n) is 10.1. The minimum Gasteiger partial charge on any atom is -0.386 e. The van der Waals surface area contributed by atoms with E-state index < -0.39 is 5.60 Å². The number of benzene rings is 1. The average Bonchev–Trinajstić information content (AvgIpc) is 2.86. The number of nitrogens with zero attached hydrogens (tertiary/aromatic N) is 2. The van der Waals surface area contributed by atoms with Crippen molar-refractivity contribution >= 4 is 11.7 Å². The molecule has 0 bridgehead atoms. The van der Waals surface area contributed by atoms with Gasteiger partial charge < -0.3 is 10.4 Å². The van der Waals surface area contributed by atoms with Crippen molar-refractivity contribution in [1.29, 1.82) is 0 Å². The number of hydrogen-bond donors (Lipinski definition) is 2. The van der Waals surface area contributed by atoms with Crippen molar-refractivity contribution in [2.75, 3.05) is 5.32 Å². The Morgan fingerprint density at radius 2 is 1.75 bits per heavy atom. The number of nitrogens with one attached hydrogen (secondary N) is 1. The Hall–Kier alpha value is -2.14. The topological polar surface area (TPSA) is 67.2 Å². The minimum atomic E-state index is -0.875. The number of amides is 1. The highest BCUT2D eigenvalue weighted by Crippen LogP contribution is 2.32. The molecule has 2 N–H and O–H groups in total. The number of carbonyl (C=O) groups excluding carboxylic acids is 1. The number of rotatable bonds is 7. The van der Waals surface area contributed by atoms with E-state index >= 15 is 0 Å². The maximum atomic E-state index is 12.5. The normalized spacial score (nSPS) is 12.3. The molecule has 0 radical (unpaired) electrons. The molecule has 154 valence electrons. The van der Waals surface area contributed by atoms with E-state index in [1.807, 2.05) is 31.3 Å². The van der Waals surface area contributed by atoms with Gasteiger partial charge >= 0.3 is 0 Å². The Morgan fingerprint density at radius 3 is 2.25 bits per heavy atom. The first kappa shape index (κ1) is 22.2. The summed E-state index contributed by atoms with van der Waals surface area (Å²) in [4.78, 5) is 12.5. The summed E-state index contributed by atoms with van der Waals surface area (Å²) in [6, 6.07) is 7.86. The van der Waals surface area contributed by atoms with Crippen LogP contribution >= 0.6 is 0 Å². The largest absolute Gasteiger partial charge is 0.386 e. The van der Waals surface area contributed by atoms with Crippen LogP contribution in [0.5, 0.6) is 0 Å². The van der Waals surface area contributed by atoms with E-state index in [4.69, 9.17) is 5.10 Å². The Morgan fingerprint density at radius 1 is 1.14 bits per heavy atom. The number of aliphatic hydroxyl groups is 1. The second-order valence-electron chi connectivity index (χ2n) is 9.32. The number of unbranched alkanes of at least 4 members (excludes halogenated alkanes) is 1. The molecule has 0 atom stereocenters. The Balaban J connectivity index is 2.40. The number of hydrogen-bond acceptors (Lipinski definition) is 3. The molecular weight excluding hydrogens is 350 g/mol. The van der Waals surface area contributed by atoms with Crippen LogP contribution in [-0.4, -0.2) is 20.8 Å². The van der Waals surface area contributed by atoms with Gasteiger partial charge in [-0.2, -0.15) is 5.10 Å². The first-order chi connectivity index (χ1) is 12.9. The highest BCUT2D eigenvalue weighted by Gasteiger charge is 2.22. The van der Waals surface area contributed by atoms with Crippen molar-refractivity contribution in [3.05, 3.63) is 35.4 Å². The van der Waals surface area contributed by atoms with Crippen LogP contribution in [0.1, 0.15) is 71.9 Å². The van der Waals surface area contributed by atoms with Crippen molar-refractivity contribution in [1.82, 2.24) is 9.78 Å². The molecule has 1 aromatic carbocycles. The van der Waals surface area contributed by atoms with Gasteiger partial charge in [-0.3, -0.25) is 9.48 Å². The SMILES string of the molecule is CCCCc1c(-c2ccc(C(C)(C)O)cc2)nn(C)c1NC(=O)CC(C)(C)C. The van der Waals surface area contributed by atoms with Gasteiger partial charge in [0.15, 0.2) is 0 Å². The fourth-order valence-electron chi connectivity index (χ4n) is 3.24. The van der Waals surface area contributed by atoms with Gasteiger partial charge in [-0.25, -0.2) is 0 Å². The third-order valence-corrected chi connectivity index (χ3v) is 4.74. The van der Waals surface area contributed by atoms with Crippen LogP contribution in [-0.2, 0) is 23.9 Å². The first-order valence-corrected chi connectivity index (χ1v) is 10.1. The molecule has 0 fully saturated rings. The van der Waals surface area contributed by atoms with E-state index in [-0.39, 0.29) is 11.3 Å². The number of carbonyl (C=O) groups is 1. The summed E-state index contributed by atoms with van der Waals surface area (Å²) in [5, 5.41) is 18.0. The number of anilines is 1. The maximum absolute atomic E-state index is 12.5. The fourth-order valence-corrected chi connectivity index (χ4v) is 3.24. The van der Waals surface area contributed by atoms with Crippen molar-refractivity contribution in [3.8, 4) is 11.3 Å². The van der Waals surface area contributed by atoms with Gasteiger partial charge in [0.2, 0.25) is 5.91 Å². The van der Waals surface area contributed by atoms with Gasteiger partial charge in [-0.1, -0.05) is 58.4 Å². The predicted octanol–water partition coefficient (Wildman–Crippen LogP) is 5.03. The molecule has 28 heavy (non-hydrogen) atoms. The molecule has 2 rings (SSSR count). The van der Waals surface area contributed by atoms with Crippen LogP contribution in [0.15, 0.2) is 24.3 Å². The van der Waals surface area contributed by atoms with Gasteiger partial charge in [0.1, 0.15) is 5.82 Å². The second-order valence-corrected chi connectivity index (χ2v) is 9.32. The summed E-state index contributed by atoms with van der Waals surface area (Å²) < 4.78 is 1.77. The van der Waals surface area contributed by atoms with Gasteiger partial charge in [0, 0.05) is 24.6 Å². The molecule has 0 aliphatic rings. The van der Waals surface area contributed by atoms with Crippen molar-refractivity contribution in [3.63, 3.8) is 0 Å². The Kier molecular flexibility index (Phi) is 6.71. The van der Waals surface area contributed by atoms with E-state index in [0.29, 0.717) is 6.42 Å². The summed E-state index contributed by atoms with van der Waals surface area (Å²) >= 11 is 0. The van der Waals surface area contributed by atoms with Crippen LogP contribution in [0.3, 0.4) is 0 Å². The zero-order valence-electron chi connectivity index (χ0n) is 18.4. The molecule has 2 aromatic rings. The molecular formula is C23H35N3O2. The summed E-state index contributed by atoms with van der Waals surface area (Å²) in [6.45, 7) is 11.9. The number of aryl methyl sites for hydroxylation is 1. The molecule has 1 amide bonds. The zero-order chi connectivity index (χ0) is 21.1. The molecule has 0 aliphatic carbocycles.